The lowest BCUT2D eigenvalue weighted by atomic mass is 10.1. The Bertz CT molecular complexity index is 621. The van der Waals surface area contributed by atoms with E-state index in [2.05, 4.69) is 10.4 Å². The Morgan fingerprint density at radius 1 is 1.42 bits per heavy atom. The Morgan fingerprint density at radius 3 is 2.95 bits per heavy atom. The highest BCUT2D eigenvalue weighted by molar-refractivity contribution is 5.92. The summed E-state index contributed by atoms with van der Waals surface area (Å²) in [6.45, 7) is 0. The van der Waals surface area contributed by atoms with Crippen molar-refractivity contribution in [2.75, 3.05) is 0 Å². The van der Waals surface area contributed by atoms with Gasteiger partial charge in [0.25, 0.3) is 5.91 Å². The second-order valence-corrected chi connectivity index (χ2v) is 4.80. The largest absolute Gasteiger partial charge is 0.390 e. The van der Waals surface area contributed by atoms with E-state index >= 15 is 0 Å². The summed E-state index contributed by atoms with van der Waals surface area (Å²) in [5.41, 5.74) is 2.43. The number of hydrogen-bond acceptors (Lipinski definition) is 3. The third kappa shape index (κ3) is 2.13. The second-order valence-electron chi connectivity index (χ2n) is 4.80. The molecule has 1 aromatic carbocycles. The number of carbonyl (C=O) groups is 1. The van der Waals surface area contributed by atoms with Crippen LogP contribution in [0.3, 0.4) is 0 Å². The molecule has 5 heteroatoms. The van der Waals surface area contributed by atoms with E-state index < -0.39 is 6.10 Å². The highest BCUT2D eigenvalue weighted by Gasteiger charge is 2.32. The van der Waals surface area contributed by atoms with E-state index in [1.54, 1.807) is 24.0 Å². The summed E-state index contributed by atoms with van der Waals surface area (Å²) >= 11 is 0. The molecule has 0 unspecified atom stereocenters. The normalized spacial score (nSPS) is 21.2. The van der Waals surface area contributed by atoms with Crippen LogP contribution < -0.4 is 5.32 Å². The van der Waals surface area contributed by atoms with Crippen molar-refractivity contribution in [2.24, 2.45) is 7.05 Å². The summed E-state index contributed by atoms with van der Waals surface area (Å²) < 4.78 is 1.58. The fourth-order valence-electron chi connectivity index (χ4n) is 2.50. The van der Waals surface area contributed by atoms with E-state index in [1.807, 2.05) is 24.3 Å². The van der Waals surface area contributed by atoms with Gasteiger partial charge in [0.15, 0.2) is 0 Å². The zero-order valence-electron chi connectivity index (χ0n) is 10.6. The Labute approximate surface area is 110 Å². The van der Waals surface area contributed by atoms with Crippen LogP contribution in [-0.2, 0) is 13.5 Å². The van der Waals surface area contributed by atoms with E-state index in [1.165, 1.54) is 0 Å². The van der Waals surface area contributed by atoms with Crippen molar-refractivity contribution in [1.82, 2.24) is 15.1 Å². The van der Waals surface area contributed by atoms with Gasteiger partial charge in [-0.2, -0.15) is 5.10 Å². The van der Waals surface area contributed by atoms with Crippen LogP contribution in [0.15, 0.2) is 36.5 Å². The number of amides is 1. The number of rotatable bonds is 2. The van der Waals surface area contributed by atoms with Crippen molar-refractivity contribution in [1.29, 1.82) is 0 Å². The highest BCUT2D eigenvalue weighted by Crippen LogP contribution is 2.31. The number of fused-ring (bicyclic) bond motifs is 1. The molecule has 2 atom stereocenters. The molecule has 1 aliphatic carbocycles. The van der Waals surface area contributed by atoms with E-state index in [9.17, 15) is 9.90 Å². The predicted molar refractivity (Wildman–Crippen MR) is 69.6 cm³/mol. The molecule has 98 valence electrons. The number of aryl methyl sites for hydroxylation is 1. The molecule has 0 radical (unpaired) electrons. The SMILES string of the molecule is Cn1ccc(C(=O)N[C@H]2c3ccccc3C[C@@H]2O)n1. The number of hydrogen-bond donors (Lipinski definition) is 2. The molecule has 1 aliphatic rings. The van der Waals surface area contributed by atoms with Crippen LogP contribution in [0, 0.1) is 0 Å². The van der Waals surface area contributed by atoms with Gasteiger partial charge in [0.2, 0.25) is 0 Å². The first kappa shape index (κ1) is 11.9. The number of aliphatic hydroxyl groups is 1. The number of benzene rings is 1. The lowest BCUT2D eigenvalue weighted by molar-refractivity contribution is 0.0852. The summed E-state index contributed by atoms with van der Waals surface area (Å²) in [5, 5.41) is 17.0. The first-order chi connectivity index (χ1) is 9.15. The number of aromatic nitrogens is 2. The Morgan fingerprint density at radius 2 is 2.21 bits per heavy atom. The second kappa shape index (κ2) is 4.51. The number of carbonyl (C=O) groups excluding carboxylic acids is 1. The molecule has 0 bridgehead atoms. The topological polar surface area (TPSA) is 67.2 Å². The summed E-state index contributed by atoms with van der Waals surface area (Å²) in [4.78, 5) is 12.1. The van der Waals surface area contributed by atoms with Crippen molar-refractivity contribution in [2.45, 2.75) is 18.6 Å². The summed E-state index contributed by atoms with van der Waals surface area (Å²) in [6.07, 6.45) is 1.71. The van der Waals surface area contributed by atoms with Gasteiger partial charge in [0, 0.05) is 19.7 Å². The van der Waals surface area contributed by atoms with Gasteiger partial charge in [-0.1, -0.05) is 24.3 Å². The molecule has 2 N–H and O–H groups in total. The van der Waals surface area contributed by atoms with Crippen molar-refractivity contribution >= 4 is 5.91 Å². The fraction of sp³-hybridized carbons (Fsp3) is 0.286. The minimum atomic E-state index is -0.579. The maximum absolute atomic E-state index is 12.1. The Balaban J connectivity index is 1.82. The molecule has 1 amide bonds. The van der Waals surface area contributed by atoms with Crippen LogP contribution in [0.5, 0.6) is 0 Å². The fourth-order valence-corrected chi connectivity index (χ4v) is 2.50. The summed E-state index contributed by atoms with van der Waals surface area (Å²) in [7, 11) is 1.76. The van der Waals surface area contributed by atoms with Crippen LogP contribution in [0.25, 0.3) is 0 Å². The summed E-state index contributed by atoms with van der Waals surface area (Å²) in [5.74, 6) is -0.263. The maximum atomic E-state index is 12.1. The first-order valence-electron chi connectivity index (χ1n) is 6.21. The summed E-state index contributed by atoms with van der Waals surface area (Å²) in [6, 6.07) is 9.07. The van der Waals surface area contributed by atoms with E-state index in [0.717, 1.165) is 11.1 Å². The van der Waals surface area contributed by atoms with Crippen molar-refractivity contribution in [3.05, 3.63) is 53.3 Å². The average Bonchev–Trinajstić information content (AvgIpc) is 2.95. The zero-order chi connectivity index (χ0) is 13.4. The Kier molecular flexibility index (Phi) is 2.83. The third-order valence-corrected chi connectivity index (χ3v) is 3.44. The van der Waals surface area contributed by atoms with E-state index in [4.69, 9.17) is 0 Å². The molecular weight excluding hydrogens is 242 g/mol. The van der Waals surface area contributed by atoms with Crippen LogP contribution >= 0.6 is 0 Å². The molecule has 2 aromatic rings. The van der Waals surface area contributed by atoms with Gasteiger partial charge in [-0.05, 0) is 17.2 Å². The monoisotopic (exact) mass is 257 g/mol. The van der Waals surface area contributed by atoms with Crippen molar-refractivity contribution < 1.29 is 9.90 Å². The lowest BCUT2D eigenvalue weighted by Crippen LogP contribution is -2.34. The molecule has 19 heavy (non-hydrogen) atoms. The smallest absolute Gasteiger partial charge is 0.272 e. The molecule has 5 nitrogen and oxygen atoms in total. The van der Waals surface area contributed by atoms with Crippen LogP contribution in [-0.4, -0.2) is 26.9 Å². The van der Waals surface area contributed by atoms with E-state index in [0.29, 0.717) is 12.1 Å². The molecule has 0 saturated heterocycles. The van der Waals surface area contributed by atoms with E-state index in [-0.39, 0.29) is 11.9 Å². The maximum Gasteiger partial charge on any atom is 0.272 e. The van der Waals surface area contributed by atoms with Crippen LogP contribution in [0.1, 0.15) is 27.7 Å². The van der Waals surface area contributed by atoms with Gasteiger partial charge in [0.05, 0.1) is 12.1 Å². The van der Waals surface area contributed by atoms with Crippen LogP contribution in [0.2, 0.25) is 0 Å². The lowest BCUT2D eigenvalue weighted by Gasteiger charge is -2.17. The number of aliphatic hydroxyl groups excluding tert-OH is 1. The number of nitrogens with zero attached hydrogens (tertiary/aromatic N) is 2. The quantitative estimate of drug-likeness (QED) is 0.836. The molecule has 1 heterocycles. The first-order valence-corrected chi connectivity index (χ1v) is 6.21. The van der Waals surface area contributed by atoms with Crippen molar-refractivity contribution in [3.63, 3.8) is 0 Å². The van der Waals surface area contributed by atoms with Gasteiger partial charge in [0.1, 0.15) is 5.69 Å². The molecule has 0 saturated carbocycles. The molecule has 0 spiro atoms. The minimum Gasteiger partial charge on any atom is -0.390 e. The molecule has 3 rings (SSSR count). The molecule has 0 fully saturated rings. The molecule has 1 aromatic heterocycles. The van der Waals surface area contributed by atoms with Gasteiger partial charge in [-0.15, -0.1) is 0 Å². The van der Waals surface area contributed by atoms with Gasteiger partial charge < -0.3 is 10.4 Å². The van der Waals surface area contributed by atoms with Crippen LogP contribution in [0.4, 0.5) is 0 Å². The molecular formula is C14H15N3O2. The standard InChI is InChI=1S/C14H15N3O2/c1-17-7-6-11(16-17)14(19)15-13-10-5-3-2-4-9(10)8-12(13)18/h2-7,12-13,18H,8H2,1H3,(H,15,19)/t12-,13-/m0/s1. The predicted octanol–water partition coefficient (Wildman–Crippen LogP) is 0.808. The highest BCUT2D eigenvalue weighted by atomic mass is 16.3. The average molecular weight is 257 g/mol. The zero-order valence-corrected chi connectivity index (χ0v) is 10.6. The number of nitrogens with one attached hydrogen (secondary N) is 1. The van der Waals surface area contributed by atoms with Gasteiger partial charge >= 0.3 is 0 Å². The third-order valence-electron chi connectivity index (χ3n) is 3.44. The Hall–Kier alpha value is -2.14. The molecule has 0 aliphatic heterocycles. The van der Waals surface area contributed by atoms with Crippen molar-refractivity contribution in [3.8, 4) is 0 Å². The van der Waals surface area contributed by atoms with Gasteiger partial charge in [-0.3, -0.25) is 9.48 Å². The van der Waals surface area contributed by atoms with Gasteiger partial charge in [-0.25, -0.2) is 0 Å². The minimum absolute atomic E-state index is 0.263.